The Hall–Kier alpha value is -1.13. The third kappa shape index (κ3) is 2.42. The number of fused-ring (bicyclic) bond motifs is 1. The molecule has 3 nitrogen and oxygen atoms in total. The summed E-state index contributed by atoms with van der Waals surface area (Å²) in [5.74, 6) is 0.742. The molecule has 0 aliphatic carbocycles. The molecule has 2 rings (SSSR count). The maximum atomic E-state index is 13.1. The fourth-order valence-corrected chi connectivity index (χ4v) is 1.99. The van der Waals surface area contributed by atoms with E-state index in [4.69, 9.17) is 16.3 Å². The molecule has 92 valence electrons. The zero-order valence-corrected chi connectivity index (χ0v) is 10.5. The Balaban J connectivity index is 2.50. The van der Waals surface area contributed by atoms with Crippen LogP contribution < -0.4 is 0 Å². The topological polar surface area (TPSA) is 27.1 Å². The summed E-state index contributed by atoms with van der Waals surface area (Å²) in [6, 6.07) is 4.56. The van der Waals surface area contributed by atoms with E-state index in [1.807, 2.05) is 11.5 Å². The van der Waals surface area contributed by atoms with Crippen LogP contribution in [0.15, 0.2) is 18.2 Å². The van der Waals surface area contributed by atoms with Crippen molar-refractivity contribution < 1.29 is 9.13 Å². The molecule has 0 saturated carbocycles. The Morgan fingerprint density at radius 1 is 1.53 bits per heavy atom. The van der Waals surface area contributed by atoms with E-state index in [2.05, 4.69) is 4.98 Å². The zero-order valence-electron chi connectivity index (χ0n) is 9.78. The van der Waals surface area contributed by atoms with Crippen molar-refractivity contribution in [1.82, 2.24) is 9.55 Å². The molecule has 17 heavy (non-hydrogen) atoms. The molecule has 0 saturated heterocycles. The first-order chi connectivity index (χ1) is 8.15. The first-order valence-electron chi connectivity index (χ1n) is 5.39. The summed E-state index contributed by atoms with van der Waals surface area (Å²) in [7, 11) is 1.66. The molecule has 1 unspecified atom stereocenters. The molecule has 0 N–H and O–H groups in total. The number of rotatable bonds is 4. The number of ether oxygens (including phenoxy) is 1. The molecule has 0 aliphatic rings. The Kier molecular flexibility index (Phi) is 3.64. The fraction of sp³-hybridized carbons (Fsp3) is 0.417. The van der Waals surface area contributed by atoms with Gasteiger partial charge in [0.2, 0.25) is 0 Å². The van der Waals surface area contributed by atoms with E-state index in [9.17, 15) is 4.39 Å². The van der Waals surface area contributed by atoms with E-state index >= 15 is 0 Å². The largest absolute Gasteiger partial charge is 0.380 e. The summed E-state index contributed by atoms with van der Waals surface area (Å²) in [5.41, 5.74) is 1.51. The van der Waals surface area contributed by atoms with Crippen molar-refractivity contribution in [3.8, 4) is 0 Å². The average molecular weight is 257 g/mol. The number of benzene rings is 1. The maximum absolute atomic E-state index is 13.1. The first-order valence-corrected chi connectivity index (χ1v) is 5.92. The number of methoxy groups -OCH3 is 1. The Morgan fingerprint density at radius 3 is 2.94 bits per heavy atom. The van der Waals surface area contributed by atoms with Gasteiger partial charge in [0.1, 0.15) is 11.6 Å². The lowest BCUT2D eigenvalue weighted by atomic mass is 10.3. The predicted molar refractivity (Wildman–Crippen MR) is 65.7 cm³/mol. The number of nitrogens with zero attached hydrogens (tertiary/aromatic N) is 2. The Labute approximate surface area is 104 Å². The Morgan fingerprint density at radius 2 is 2.29 bits per heavy atom. The van der Waals surface area contributed by atoms with Gasteiger partial charge < -0.3 is 9.30 Å². The molecule has 1 heterocycles. The van der Waals surface area contributed by atoms with Crippen molar-refractivity contribution in [2.45, 2.75) is 25.5 Å². The highest BCUT2D eigenvalue weighted by Gasteiger charge is 2.12. The summed E-state index contributed by atoms with van der Waals surface area (Å²) in [5, 5.41) is 0. The van der Waals surface area contributed by atoms with E-state index in [0.717, 1.165) is 11.3 Å². The number of imidazole rings is 1. The van der Waals surface area contributed by atoms with Crippen molar-refractivity contribution in [2.75, 3.05) is 7.11 Å². The van der Waals surface area contributed by atoms with Crippen molar-refractivity contribution in [2.24, 2.45) is 0 Å². The summed E-state index contributed by atoms with van der Waals surface area (Å²) in [6.45, 7) is 2.62. The third-order valence-electron chi connectivity index (χ3n) is 2.75. The average Bonchev–Trinajstić information content (AvgIpc) is 2.66. The molecule has 2 aromatic rings. The van der Waals surface area contributed by atoms with Gasteiger partial charge in [-0.3, -0.25) is 0 Å². The van der Waals surface area contributed by atoms with E-state index in [1.165, 1.54) is 12.1 Å². The van der Waals surface area contributed by atoms with Crippen LogP contribution in [0, 0.1) is 5.82 Å². The lowest BCUT2D eigenvalue weighted by molar-refractivity contribution is 0.103. The van der Waals surface area contributed by atoms with Crippen LogP contribution in [-0.2, 0) is 17.2 Å². The summed E-state index contributed by atoms with van der Waals surface area (Å²) < 4.78 is 20.3. The smallest absolute Gasteiger partial charge is 0.125 e. The normalized spacial score (nSPS) is 13.2. The van der Waals surface area contributed by atoms with Gasteiger partial charge >= 0.3 is 0 Å². The van der Waals surface area contributed by atoms with Crippen LogP contribution in [0.1, 0.15) is 12.7 Å². The standard InChI is InChI=1S/C12H14ClFN2O/c1-8(17-2)7-16-11-4-3-9(14)5-10(11)15-12(16)6-13/h3-5,8H,6-7H2,1-2H3. The Bertz CT molecular complexity index is 526. The number of halogens is 2. The molecule has 1 aromatic heterocycles. The van der Waals surface area contributed by atoms with Gasteiger partial charge in [-0.05, 0) is 19.1 Å². The van der Waals surface area contributed by atoms with Gasteiger partial charge in [0.15, 0.2) is 0 Å². The highest BCUT2D eigenvalue weighted by Crippen LogP contribution is 2.19. The van der Waals surface area contributed by atoms with Crippen molar-refractivity contribution in [1.29, 1.82) is 0 Å². The van der Waals surface area contributed by atoms with Crippen molar-refractivity contribution >= 4 is 22.6 Å². The quantitative estimate of drug-likeness (QED) is 0.787. The van der Waals surface area contributed by atoms with Crippen LogP contribution in [0.2, 0.25) is 0 Å². The highest BCUT2D eigenvalue weighted by molar-refractivity contribution is 6.16. The minimum Gasteiger partial charge on any atom is -0.380 e. The van der Waals surface area contributed by atoms with Gasteiger partial charge in [-0.1, -0.05) is 0 Å². The number of aromatic nitrogens is 2. The van der Waals surface area contributed by atoms with Gasteiger partial charge in [0, 0.05) is 13.2 Å². The zero-order chi connectivity index (χ0) is 12.4. The van der Waals surface area contributed by atoms with Crippen LogP contribution in [-0.4, -0.2) is 22.8 Å². The SMILES string of the molecule is COC(C)Cn1c(CCl)nc2cc(F)ccc21. The second-order valence-electron chi connectivity index (χ2n) is 3.95. The molecule has 0 bridgehead atoms. The van der Waals surface area contributed by atoms with E-state index in [0.29, 0.717) is 17.9 Å². The summed E-state index contributed by atoms with van der Waals surface area (Å²) >= 11 is 5.85. The molecule has 0 fully saturated rings. The lowest BCUT2D eigenvalue weighted by Gasteiger charge is -2.13. The van der Waals surface area contributed by atoms with Crippen LogP contribution in [0.25, 0.3) is 11.0 Å². The number of hydrogen-bond acceptors (Lipinski definition) is 2. The van der Waals surface area contributed by atoms with Gasteiger partial charge in [0.05, 0.1) is 29.6 Å². The molecule has 0 spiro atoms. The second kappa shape index (κ2) is 5.02. The molecular formula is C12H14ClFN2O. The van der Waals surface area contributed by atoms with Crippen LogP contribution in [0.3, 0.4) is 0 Å². The van der Waals surface area contributed by atoms with Crippen LogP contribution in [0.4, 0.5) is 4.39 Å². The molecule has 0 amide bonds. The minimum atomic E-state index is -0.289. The van der Waals surface area contributed by atoms with E-state index < -0.39 is 0 Å². The molecule has 0 radical (unpaired) electrons. The number of hydrogen-bond donors (Lipinski definition) is 0. The molecular weight excluding hydrogens is 243 g/mol. The third-order valence-corrected chi connectivity index (χ3v) is 2.99. The fourth-order valence-electron chi connectivity index (χ4n) is 1.79. The number of alkyl halides is 1. The minimum absolute atomic E-state index is 0.0550. The lowest BCUT2D eigenvalue weighted by Crippen LogP contribution is -2.16. The highest BCUT2D eigenvalue weighted by atomic mass is 35.5. The van der Waals surface area contributed by atoms with Crippen molar-refractivity contribution in [3.63, 3.8) is 0 Å². The summed E-state index contributed by atoms with van der Waals surface area (Å²) in [4.78, 5) is 4.31. The van der Waals surface area contributed by atoms with Crippen LogP contribution in [0.5, 0.6) is 0 Å². The van der Waals surface area contributed by atoms with Crippen molar-refractivity contribution in [3.05, 3.63) is 29.8 Å². The summed E-state index contributed by atoms with van der Waals surface area (Å²) in [6.07, 6.45) is 0.0550. The van der Waals surface area contributed by atoms with Gasteiger partial charge in [-0.25, -0.2) is 9.37 Å². The molecule has 1 aromatic carbocycles. The van der Waals surface area contributed by atoms with E-state index in [-0.39, 0.29) is 11.9 Å². The van der Waals surface area contributed by atoms with Gasteiger partial charge in [-0.2, -0.15) is 0 Å². The molecule has 5 heteroatoms. The monoisotopic (exact) mass is 256 g/mol. The van der Waals surface area contributed by atoms with Gasteiger partial charge in [-0.15, -0.1) is 11.6 Å². The maximum Gasteiger partial charge on any atom is 0.125 e. The first kappa shape index (κ1) is 12.3. The predicted octanol–water partition coefficient (Wildman–Crippen LogP) is 2.95. The molecule has 1 atom stereocenters. The molecule has 0 aliphatic heterocycles. The van der Waals surface area contributed by atoms with Gasteiger partial charge in [0.25, 0.3) is 0 Å². The van der Waals surface area contributed by atoms with Crippen LogP contribution >= 0.6 is 11.6 Å². The van der Waals surface area contributed by atoms with E-state index in [1.54, 1.807) is 13.2 Å². The second-order valence-corrected chi connectivity index (χ2v) is 4.22.